The number of ketones is 2. The molecule has 20 nitrogen and oxygen atoms in total. The van der Waals surface area contributed by atoms with Crippen LogP contribution in [0.15, 0.2) is 0 Å². The van der Waals surface area contributed by atoms with Gasteiger partial charge in [0.15, 0.2) is 36.7 Å². The molecule has 0 aromatic carbocycles. The fourth-order valence-corrected chi connectivity index (χ4v) is 3.23. The van der Waals surface area contributed by atoms with E-state index in [1.165, 1.54) is 0 Å². The van der Waals surface area contributed by atoms with Crippen LogP contribution < -0.4 is 5.32 Å². The van der Waals surface area contributed by atoms with Gasteiger partial charge in [-0.05, 0) is 6.92 Å². The molecule has 0 spiro atoms. The van der Waals surface area contributed by atoms with E-state index in [4.69, 9.17) is 5.11 Å². The lowest BCUT2D eigenvalue weighted by atomic mass is 9.95. The number of nitrogens with one attached hydrogen (secondary N) is 1. The molecule has 0 saturated heterocycles. The zero-order valence-electron chi connectivity index (χ0n) is 22.6. The molecule has 0 aromatic rings. The maximum Gasteiger partial charge on any atom is 0.375 e. The SMILES string of the molecule is CC(=O)N[C@@H](C(=O)CC(=O)C(=O)O[C@@H]([C@@H](O)[C@H](O)CO)[C@H](C=O)OC(=O)[C@@H](O)[C@H](O)[C@H](O)[C@@H](O)C=O)[C@@H](O)[C@@H](O)[C@@H](C)O. The van der Waals surface area contributed by atoms with E-state index in [2.05, 4.69) is 9.47 Å². The Labute approximate surface area is 242 Å². The lowest BCUT2D eigenvalue weighted by Crippen LogP contribution is -2.55. The second kappa shape index (κ2) is 18.4. The maximum absolute atomic E-state index is 12.6. The molecule has 0 aliphatic rings. The van der Waals surface area contributed by atoms with Crippen LogP contribution in [0.1, 0.15) is 20.3 Å². The van der Waals surface area contributed by atoms with Gasteiger partial charge >= 0.3 is 11.9 Å². The van der Waals surface area contributed by atoms with Crippen LogP contribution in [0.2, 0.25) is 0 Å². The summed E-state index contributed by atoms with van der Waals surface area (Å²) in [5, 5.41) is 98.8. The molecule has 0 bridgehead atoms. The molecule has 0 aromatic heterocycles. The van der Waals surface area contributed by atoms with Gasteiger partial charge in [0.05, 0.1) is 19.1 Å². The largest absolute Gasteiger partial charge is 0.449 e. The second-order valence-corrected chi connectivity index (χ2v) is 9.17. The highest BCUT2D eigenvalue weighted by molar-refractivity contribution is 6.37. The number of aliphatic hydroxyl groups is 10. The summed E-state index contributed by atoms with van der Waals surface area (Å²) in [6, 6.07) is -2.04. The summed E-state index contributed by atoms with van der Waals surface area (Å²) in [6.45, 7) is 0.642. The Hall–Kier alpha value is -3.31. The number of amides is 1. The third-order valence-electron chi connectivity index (χ3n) is 5.73. The average Bonchev–Trinajstić information content (AvgIpc) is 2.97. The van der Waals surface area contributed by atoms with Gasteiger partial charge in [0.25, 0.3) is 0 Å². The molecule has 12 atom stereocenters. The summed E-state index contributed by atoms with van der Waals surface area (Å²) >= 11 is 0. The number of carbonyl (C=O) groups is 7. The number of hydrogen-bond acceptors (Lipinski definition) is 19. The maximum atomic E-state index is 12.6. The standard InChI is InChI=1S/C23H35NO19/c1-7(28)15(34)18(37)14(24-8(2)29)9(30)3-10(31)22(40)43-21(17(36)12(33)5-26)13(6-27)42-23(41)20(39)19(38)16(35)11(32)4-25/h4,6-7,11-21,26,28,32-39H,3,5H2,1-2H3,(H,24,29)/t7-,11+,12-,13+,14+,15+,16-,17+,18-,19-,20+,21-/m1/s1. The van der Waals surface area contributed by atoms with Crippen LogP contribution in [0.5, 0.6) is 0 Å². The van der Waals surface area contributed by atoms with E-state index in [1.54, 1.807) is 0 Å². The van der Waals surface area contributed by atoms with Crippen LogP contribution in [0.25, 0.3) is 0 Å². The van der Waals surface area contributed by atoms with E-state index in [-0.39, 0.29) is 12.6 Å². The molecule has 0 saturated carbocycles. The van der Waals surface area contributed by atoms with Crippen molar-refractivity contribution >= 4 is 42.0 Å². The Morgan fingerprint density at radius 1 is 0.767 bits per heavy atom. The van der Waals surface area contributed by atoms with Gasteiger partial charge in [0.2, 0.25) is 11.7 Å². The van der Waals surface area contributed by atoms with Gasteiger partial charge in [-0.1, -0.05) is 0 Å². The first-order valence-electron chi connectivity index (χ1n) is 12.2. The number of Topliss-reactive ketones (excluding diaryl/α,β-unsaturated/α-hetero) is 2. The van der Waals surface area contributed by atoms with E-state index >= 15 is 0 Å². The van der Waals surface area contributed by atoms with Crippen molar-refractivity contribution in [3.8, 4) is 0 Å². The molecule has 246 valence electrons. The third kappa shape index (κ3) is 11.7. The molecule has 20 heteroatoms. The monoisotopic (exact) mass is 629 g/mol. The summed E-state index contributed by atoms with van der Waals surface area (Å²) in [5.41, 5.74) is 0. The minimum absolute atomic E-state index is 0.265. The molecular formula is C23H35NO19. The highest BCUT2D eigenvalue weighted by Gasteiger charge is 2.43. The lowest BCUT2D eigenvalue weighted by Gasteiger charge is -2.30. The Balaban J connectivity index is 5.97. The zero-order valence-corrected chi connectivity index (χ0v) is 22.6. The highest BCUT2D eigenvalue weighted by Crippen LogP contribution is 2.16. The van der Waals surface area contributed by atoms with Gasteiger partial charge in [-0.2, -0.15) is 0 Å². The van der Waals surface area contributed by atoms with Crippen molar-refractivity contribution in [3.63, 3.8) is 0 Å². The molecule has 43 heavy (non-hydrogen) atoms. The molecule has 0 aliphatic heterocycles. The van der Waals surface area contributed by atoms with Crippen molar-refractivity contribution in [2.24, 2.45) is 0 Å². The summed E-state index contributed by atoms with van der Waals surface area (Å²) in [6.07, 6.45) is -27.9. The van der Waals surface area contributed by atoms with E-state index < -0.39 is 116 Å². The van der Waals surface area contributed by atoms with Crippen molar-refractivity contribution in [3.05, 3.63) is 0 Å². The molecule has 0 unspecified atom stereocenters. The summed E-state index contributed by atoms with van der Waals surface area (Å²) in [7, 11) is 0. The van der Waals surface area contributed by atoms with Crippen molar-refractivity contribution in [1.29, 1.82) is 0 Å². The van der Waals surface area contributed by atoms with Gasteiger partial charge in [-0.3, -0.25) is 19.2 Å². The van der Waals surface area contributed by atoms with Crippen LogP contribution in [0.4, 0.5) is 0 Å². The number of aliphatic hydroxyl groups excluding tert-OH is 10. The van der Waals surface area contributed by atoms with E-state index in [1.807, 2.05) is 5.32 Å². The first-order valence-corrected chi connectivity index (χ1v) is 12.2. The molecule has 0 heterocycles. The van der Waals surface area contributed by atoms with Crippen LogP contribution in [-0.4, -0.2) is 173 Å². The third-order valence-corrected chi connectivity index (χ3v) is 5.73. The number of rotatable bonds is 20. The van der Waals surface area contributed by atoms with Crippen LogP contribution in [0.3, 0.4) is 0 Å². The minimum Gasteiger partial charge on any atom is -0.449 e. The highest BCUT2D eigenvalue weighted by atomic mass is 16.6. The Bertz CT molecular complexity index is 988. The molecule has 11 N–H and O–H groups in total. The first kappa shape index (κ1) is 39.7. The molecule has 0 aliphatic carbocycles. The van der Waals surface area contributed by atoms with E-state index in [0.717, 1.165) is 13.8 Å². The topological polar surface area (TPSA) is 352 Å². The predicted molar refractivity (Wildman–Crippen MR) is 131 cm³/mol. The molecular weight excluding hydrogens is 594 g/mol. The summed E-state index contributed by atoms with van der Waals surface area (Å²) in [5.74, 6) is -8.17. The Kier molecular flexibility index (Phi) is 17.0. The first-order chi connectivity index (χ1) is 19.8. The number of carbonyl (C=O) groups excluding carboxylic acids is 7. The molecule has 0 fully saturated rings. The summed E-state index contributed by atoms with van der Waals surface area (Å²) < 4.78 is 9.12. The quantitative estimate of drug-likeness (QED) is 0.0257. The van der Waals surface area contributed by atoms with Gasteiger partial charge in [-0.25, -0.2) is 9.59 Å². The van der Waals surface area contributed by atoms with Crippen molar-refractivity contribution in [1.82, 2.24) is 5.32 Å². The van der Waals surface area contributed by atoms with Crippen LogP contribution >= 0.6 is 0 Å². The lowest BCUT2D eigenvalue weighted by molar-refractivity contribution is -0.194. The average molecular weight is 630 g/mol. The number of aldehydes is 2. The second-order valence-electron chi connectivity index (χ2n) is 9.17. The van der Waals surface area contributed by atoms with Gasteiger partial charge < -0.3 is 70.7 Å². The van der Waals surface area contributed by atoms with E-state index in [0.29, 0.717) is 0 Å². The number of ether oxygens (including phenoxy) is 2. The summed E-state index contributed by atoms with van der Waals surface area (Å²) in [4.78, 5) is 83.3. The zero-order chi connectivity index (χ0) is 33.8. The Morgan fingerprint density at radius 3 is 1.77 bits per heavy atom. The minimum atomic E-state index is -2.78. The number of esters is 2. The normalized spacial score (nSPS) is 19.8. The fraction of sp³-hybridized carbons (Fsp3) is 0.696. The van der Waals surface area contributed by atoms with Crippen molar-refractivity contribution in [2.45, 2.75) is 93.5 Å². The molecule has 0 radical (unpaired) electrons. The van der Waals surface area contributed by atoms with E-state index in [9.17, 15) is 79.5 Å². The Morgan fingerprint density at radius 2 is 1.33 bits per heavy atom. The fourth-order valence-electron chi connectivity index (χ4n) is 3.23. The van der Waals surface area contributed by atoms with Crippen LogP contribution in [-0.2, 0) is 43.0 Å². The van der Waals surface area contributed by atoms with Crippen molar-refractivity contribution < 1.29 is 94.1 Å². The molecule has 0 rings (SSSR count). The van der Waals surface area contributed by atoms with Gasteiger partial charge in [0, 0.05) is 6.92 Å². The number of hydrogen-bond donors (Lipinski definition) is 11. The van der Waals surface area contributed by atoms with Gasteiger partial charge in [0.1, 0.15) is 48.8 Å². The molecule has 1 amide bonds. The van der Waals surface area contributed by atoms with Crippen LogP contribution in [0, 0.1) is 0 Å². The van der Waals surface area contributed by atoms with Gasteiger partial charge in [-0.15, -0.1) is 0 Å². The predicted octanol–water partition coefficient (Wildman–Crippen LogP) is -8.50. The van der Waals surface area contributed by atoms with Crippen molar-refractivity contribution in [2.75, 3.05) is 6.61 Å². The smallest absolute Gasteiger partial charge is 0.375 e.